The Hall–Kier alpha value is -2.10. The van der Waals surface area contributed by atoms with Gasteiger partial charge in [-0.3, -0.25) is 0 Å². The minimum absolute atomic E-state index is 0.0969. The minimum Gasteiger partial charge on any atom is -0.388 e. The van der Waals surface area contributed by atoms with E-state index in [-0.39, 0.29) is 11.0 Å². The molecule has 0 bridgehead atoms. The molecular weight excluding hydrogens is 348 g/mol. The maximum Gasteiger partial charge on any atom is 0.170 e. The van der Waals surface area contributed by atoms with Crippen LogP contribution in [0.1, 0.15) is 64.6 Å². The Morgan fingerprint density at radius 1 is 1.04 bits per heavy atom. The Bertz CT molecular complexity index is 904. The maximum atomic E-state index is 6.29. The quantitative estimate of drug-likeness (QED) is 0.682. The van der Waals surface area contributed by atoms with E-state index < -0.39 is 0 Å². The largest absolute Gasteiger partial charge is 0.388 e. The lowest BCUT2D eigenvalue weighted by atomic mass is 9.66. The van der Waals surface area contributed by atoms with Crippen LogP contribution in [-0.4, -0.2) is 16.5 Å². The van der Waals surface area contributed by atoms with E-state index in [0.717, 1.165) is 49.1 Å². The van der Waals surface area contributed by atoms with Gasteiger partial charge in [0.2, 0.25) is 0 Å². The second-order valence-electron chi connectivity index (χ2n) is 9.46. The van der Waals surface area contributed by atoms with E-state index in [4.69, 9.17) is 14.5 Å². The maximum absolute atomic E-state index is 6.29. The number of benzene rings is 1. The van der Waals surface area contributed by atoms with Gasteiger partial charge in [-0.25, -0.2) is 0 Å². The molecule has 2 heterocycles. The van der Waals surface area contributed by atoms with Gasteiger partial charge in [0, 0.05) is 17.0 Å². The monoisotopic (exact) mass is 378 g/mol. The zero-order valence-corrected chi connectivity index (χ0v) is 17.4. The van der Waals surface area contributed by atoms with Crippen molar-refractivity contribution in [1.82, 2.24) is 5.16 Å². The van der Waals surface area contributed by atoms with Crippen molar-refractivity contribution in [2.75, 3.05) is 0 Å². The fraction of sp³-hybridized carbons (Fsp3) is 0.583. The first-order valence-corrected chi connectivity index (χ1v) is 10.8. The van der Waals surface area contributed by atoms with E-state index in [1.165, 1.54) is 11.3 Å². The Labute approximate surface area is 167 Å². The number of hydrogen-bond donors (Lipinski definition) is 0. The average molecular weight is 379 g/mol. The molecule has 1 saturated carbocycles. The summed E-state index contributed by atoms with van der Waals surface area (Å²) in [5, 5.41) is 9.44. The van der Waals surface area contributed by atoms with Crippen LogP contribution in [0.25, 0.3) is 11.3 Å². The van der Waals surface area contributed by atoms with E-state index >= 15 is 0 Å². The lowest BCUT2D eigenvalue weighted by molar-refractivity contribution is -0.113. The van der Waals surface area contributed by atoms with Crippen molar-refractivity contribution in [2.45, 2.75) is 70.8 Å². The van der Waals surface area contributed by atoms with Crippen LogP contribution < -0.4 is 0 Å². The zero-order chi connectivity index (χ0) is 19.5. The van der Waals surface area contributed by atoms with Crippen LogP contribution in [0.4, 0.5) is 0 Å². The van der Waals surface area contributed by atoms with Crippen molar-refractivity contribution >= 4 is 5.71 Å². The van der Waals surface area contributed by atoms with Gasteiger partial charge < -0.3 is 9.36 Å². The number of hydrogen-bond acceptors (Lipinski definition) is 4. The molecule has 1 fully saturated rings. The predicted octanol–water partition coefficient (Wildman–Crippen LogP) is 5.76. The lowest BCUT2D eigenvalue weighted by Crippen LogP contribution is -2.48. The van der Waals surface area contributed by atoms with Crippen molar-refractivity contribution in [3.05, 3.63) is 41.6 Å². The van der Waals surface area contributed by atoms with Crippen molar-refractivity contribution in [1.29, 1.82) is 0 Å². The van der Waals surface area contributed by atoms with Gasteiger partial charge in [0.15, 0.2) is 5.76 Å². The summed E-state index contributed by atoms with van der Waals surface area (Å²) >= 11 is 0. The predicted molar refractivity (Wildman–Crippen MR) is 110 cm³/mol. The van der Waals surface area contributed by atoms with Gasteiger partial charge in [-0.05, 0) is 43.9 Å². The summed E-state index contributed by atoms with van der Waals surface area (Å²) in [5.41, 5.74) is 4.48. The zero-order valence-electron chi connectivity index (χ0n) is 17.4. The molecule has 1 spiro atoms. The Kier molecular flexibility index (Phi) is 3.98. The molecule has 148 valence electrons. The Balaban J connectivity index is 1.59. The summed E-state index contributed by atoms with van der Waals surface area (Å²) in [6, 6.07) is 10.4. The molecule has 0 N–H and O–H groups in total. The summed E-state index contributed by atoms with van der Waals surface area (Å²) in [7, 11) is 0. The first-order chi connectivity index (χ1) is 13.5. The van der Waals surface area contributed by atoms with E-state index in [9.17, 15) is 0 Å². The van der Waals surface area contributed by atoms with Gasteiger partial charge in [-0.2, -0.15) is 0 Å². The lowest BCUT2D eigenvalue weighted by Gasteiger charge is -2.39. The Morgan fingerprint density at radius 2 is 1.79 bits per heavy atom. The topological polar surface area (TPSA) is 47.6 Å². The van der Waals surface area contributed by atoms with Crippen LogP contribution in [0.3, 0.4) is 0 Å². The molecule has 0 amide bonds. The fourth-order valence-electron chi connectivity index (χ4n) is 6.37. The second-order valence-corrected chi connectivity index (χ2v) is 9.46. The molecule has 4 heteroatoms. The van der Waals surface area contributed by atoms with E-state index in [0.29, 0.717) is 17.8 Å². The van der Waals surface area contributed by atoms with Crippen LogP contribution in [0.2, 0.25) is 0 Å². The summed E-state index contributed by atoms with van der Waals surface area (Å²) < 4.78 is 5.94. The molecular formula is C24H30N2O2. The third-order valence-electron chi connectivity index (χ3n) is 7.64. The third-order valence-corrected chi connectivity index (χ3v) is 7.64. The van der Waals surface area contributed by atoms with Gasteiger partial charge in [0.25, 0.3) is 0 Å². The summed E-state index contributed by atoms with van der Waals surface area (Å²) in [5.74, 6) is 2.18. The molecule has 0 saturated heterocycles. The third kappa shape index (κ3) is 2.18. The van der Waals surface area contributed by atoms with Crippen molar-refractivity contribution < 1.29 is 9.36 Å². The summed E-state index contributed by atoms with van der Waals surface area (Å²) in [6.07, 6.45) is 5.52. The number of oxime groups is 1. The van der Waals surface area contributed by atoms with Crippen molar-refractivity contribution in [3.63, 3.8) is 0 Å². The normalized spacial score (nSPS) is 27.8. The highest BCUT2D eigenvalue weighted by atomic mass is 16.7. The molecule has 1 aliphatic heterocycles. The first kappa shape index (κ1) is 18.0. The van der Waals surface area contributed by atoms with Crippen LogP contribution in [-0.2, 0) is 16.7 Å². The summed E-state index contributed by atoms with van der Waals surface area (Å²) in [6.45, 7) is 9.11. The number of rotatable bonds is 3. The number of aromatic nitrogens is 1. The molecule has 1 aromatic heterocycles. The fourth-order valence-corrected chi connectivity index (χ4v) is 6.37. The number of fused-ring (bicyclic) bond motifs is 4. The molecule has 2 atom stereocenters. The smallest absolute Gasteiger partial charge is 0.170 e. The van der Waals surface area contributed by atoms with Crippen molar-refractivity contribution in [2.24, 2.45) is 22.9 Å². The Morgan fingerprint density at radius 3 is 2.50 bits per heavy atom. The molecule has 5 rings (SSSR count). The SMILES string of the molecule is CC(C)C1(C(C)C)ON=C2[C@H]1CC[C@@]21CCCc2c1noc2-c1ccccc1. The first-order valence-electron chi connectivity index (χ1n) is 10.8. The average Bonchev–Trinajstić information content (AvgIpc) is 3.37. The van der Waals surface area contributed by atoms with Crippen LogP contribution >= 0.6 is 0 Å². The molecule has 2 aliphatic carbocycles. The molecule has 2 aromatic rings. The van der Waals surface area contributed by atoms with Crippen LogP contribution in [0.5, 0.6) is 0 Å². The second kappa shape index (κ2) is 6.20. The van der Waals surface area contributed by atoms with Crippen LogP contribution in [0.15, 0.2) is 40.0 Å². The molecule has 1 aromatic carbocycles. The summed E-state index contributed by atoms with van der Waals surface area (Å²) in [4.78, 5) is 6.29. The van der Waals surface area contributed by atoms with E-state index in [2.05, 4.69) is 57.1 Å². The van der Waals surface area contributed by atoms with Gasteiger partial charge >= 0.3 is 0 Å². The van der Waals surface area contributed by atoms with Gasteiger partial charge in [0.1, 0.15) is 5.60 Å². The van der Waals surface area contributed by atoms with Crippen LogP contribution in [0, 0.1) is 17.8 Å². The van der Waals surface area contributed by atoms with E-state index in [1.807, 2.05) is 6.07 Å². The van der Waals surface area contributed by atoms with Crippen molar-refractivity contribution in [3.8, 4) is 11.3 Å². The van der Waals surface area contributed by atoms with Gasteiger partial charge in [-0.15, -0.1) is 0 Å². The molecule has 28 heavy (non-hydrogen) atoms. The van der Waals surface area contributed by atoms with Gasteiger partial charge in [-0.1, -0.05) is 68.3 Å². The highest BCUT2D eigenvalue weighted by Crippen LogP contribution is 2.58. The molecule has 0 radical (unpaired) electrons. The standard InChI is InChI=1S/C24H30N2O2/c1-15(2)24(16(3)4)19-12-14-23(22(19)26-28-24)13-8-11-18-20(27-25-21(18)23)17-9-6-5-7-10-17/h5-7,9-10,15-16,19H,8,11-14H2,1-4H3/t19-,23-/m1/s1. The molecule has 3 aliphatic rings. The molecule has 0 unspecified atom stereocenters. The molecule has 4 nitrogen and oxygen atoms in total. The number of nitrogens with zero attached hydrogens (tertiary/aromatic N) is 2. The highest BCUT2D eigenvalue weighted by Gasteiger charge is 2.63. The highest BCUT2D eigenvalue weighted by molar-refractivity contribution is 6.00. The van der Waals surface area contributed by atoms with E-state index in [1.54, 1.807) is 0 Å². The minimum atomic E-state index is -0.192. The van der Waals surface area contributed by atoms with Gasteiger partial charge in [0.05, 0.1) is 16.8 Å².